The van der Waals surface area contributed by atoms with Gasteiger partial charge in [-0.2, -0.15) is 4.52 Å². The molecule has 4 rings (SSSR count). The van der Waals surface area contributed by atoms with Crippen molar-refractivity contribution >= 4 is 17.4 Å². The fourth-order valence-electron chi connectivity index (χ4n) is 4.12. The second-order valence-electron chi connectivity index (χ2n) is 8.41. The molecule has 1 N–H and O–H groups in total. The van der Waals surface area contributed by atoms with Crippen LogP contribution in [0.2, 0.25) is 0 Å². The van der Waals surface area contributed by atoms with E-state index in [0.717, 1.165) is 43.8 Å². The van der Waals surface area contributed by atoms with Crippen LogP contribution in [-0.2, 0) is 11.2 Å². The molecule has 0 radical (unpaired) electrons. The Bertz CT molecular complexity index is 988. The Morgan fingerprint density at radius 2 is 1.87 bits per heavy atom. The minimum absolute atomic E-state index is 0.0380. The molecule has 2 aromatic heterocycles. The number of fused-ring (bicyclic) bond motifs is 1. The van der Waals surface area contributed by atoms with Gasteiger partial charge in [-0.15, -0.1) is 15.3 Å². The van der Waals surface area contributed by atoms with E-state index >= 15 is 0 Å². The molecule has 1 aromatic carbocycles. The number of anilines is 1. The first-order chi connectivity index (χ1) is 14.5. The molecule has 1 atom stereocenters. The summed E-state index contributed by atoms with van der Waals surface area (Å²) in [7, 11) is 0. The molecule has 30 heavy (non-hydrogen) atoms. The van der Waals surface area contributed by atoms with Crippen LogP contribution in [-0.4, -0.2) is 38.8 Å². The zero-order chi connectivity index (χ0) is 21.1. The summed E-state index contributed by atoms with van der Waals surface area (Å²) < 4.78 is 1.69. The van der Waals surface area contributed by atoms with Crippen LogP contribution in [0.3, 0.4) is 0 Å². The number of aromatic nitrogens is 4. The van der Waals surface area contributed by atoms with Gasteiger partial charge in [-0.05, 0) is 48.4 Å². The maximum atomic E-state index is 13.0. The number of nitrogens with one attached hydrogen (secondary N) is 1. The van der Waals surface area contributed by atoms with Crippen molar-refractivity contribution in [3.63, 3.8) is 0 Å². The average Bonchev–Trinajstić information content (AvgIpc) is 3.25. The van der Waals surface area contributed by atoms with Gasteiger partial charge in [0, 0.05) is 19.0 Å². The van der Waals surface area contributed by atoms with Gasteiger partial charge in [0.25, 0.3) is 0 Å². The number of hydrogen-bond donors (Lipinski definition) is 1. The smallest absolute Gasteiger partial charge is 0.223 e. The van der Waals surface area contributed by atoms with E-state index in [0.29, 0.717) is 5.92 Å². The zero-order valence-electron chi connectivity index (χ0n) is 18.0. The Balaban J connectivity index is 1.37. The number of aryl methyl sites for hydroxylation is 1. The number of benzene rings is 1. The molecule has 1 saturated heterocycles. The molecule has 1 amide bonds. The minimum atomic E-state index is 0.0380. The lowest BCUT2D eigenvalue weighted by atomic mass is 9.91. The molecule has 0 saturated carbocycles. The Morgan fingerprint density at radius 1 is 1.13 bits per heavy atom. The highest BCUT2D eigenvalue weighted by Crippen LogP contribution is 2.26. The van der Waals surface area contributed by atoms with Crippen molar-refractivity contribution in [2.45, 2.75) is 46.1 Å². The van der Waals surface area contributed by atoms with Crippen LogP contribution in [0.1, 0.15) is 50.8 Å². The van der Waals surface area contributed by atoms with E-state index < -0.39 is 0 Å². The largest absolute Gasteiger partial charge is 0.355 e. The van der Waals surface area contributed by atoms with E-state index in [1.807, 2.05) is 12.1 Å². The molecular formula is C23H30N6O. The van der Waals surface area contributed by atoms with Gasteiger partial charge >= 0.3 is 0 Å². The van der Waals surface area contributed by atoms with E-state index in [1.54, 1.807) is 10.8 Å². The van der Waals surface area contributed by atoms with E-state index in [-0.39, 0.29) is 17.9 Å². The summed E-state index contributed by atoms with van der Waals surface area (Å²) in [5, 5.41) is 15.8. The molecule has 0 spiro atoms. The van der Waals surface area contributed by atoms with Crippen LogP contribution in [0.5, 0.6) is 0 Å². The standard InChI is InChI=1S/C23H30N6O/c1-4-17-5-7-18(8-6-17)22(16(2)3)25-23(30)19-11-13-28(14-12-19)21-10-9-20-26-24-15-29(20)27-21/h5-10,15-16,19,22H,4,11-14H2,1-3H3,(H,25,30). The molecule has 0 aliphatic carbocycles. The SMILES string of the molecule is CCc1ccc(C(NC(=O)C2CCN(c3ccc4nncn4n3)CC2)C(C)C)cc1. The van der Waals surface area contributed by atoms with E-state index in [2.05, 4.69) is 70.5 Å². The summed E-state index contributed by atoms with van der Waals surface area (Å²) in [6, 6.07) is 12.6. The predicted octanol–water partition coefficient (Wildman–Crippen LogP) is 3.42. The Kier molecular flexibility index (Phi) is 5.97. The Hall–Kier alpha value is -2.96. The van der Waals surface area contributed by atoms with Crippen LogP contribution < -0.4 is 10.2 Å². The van der Waals surface area contributed by atoms with E-state index in [4.69, 9.17) is 0 Å². The van der Waals surface area contributed by atoms with Gasteiger partial charge < -0.3 is 10.2 Å². The third-order valence-corrected chi connectivity index (χ3v) is 6.05. The number of rotatable bonds is 6. The molecule has 7 heteroatoms. The highest BCUT2D eigenvalue weighted by atomic mass is 16.2. The number of amides is 1. The summed E-state index contributed by atoms with van der Waals surface area (Å²) in [5.41, 5.74) is 3.23. The van der Waals surface area contributed by atoms with Gasteiger partial charge in [0.2, 0.25) is 5.91 Å². The van der Waals surface area contributed by atoms with Gasteiger partial charge in [-0.25, -0.2) is 0 Å². The lowest BCUT2D eigenvalue weighted by molar-refractivity contribution is -0.126. The van der Waals surface area contributed by atoms with Crippen LogP contribution in [0.15, 0.2) is 42.7 Å². The maximum Gasteiger partial charge on any atom is 0.223 e. The van der Waals surface area contributed by atoms with Crippen LogP contribution in [0.4, 0.5) is 5.82 Å². The molecule has 3 heterocycles. The summed E-state index contributed by atoms with van der Waals surface area (Å²) in [4.78, 5) is 15.3. The highest BCUT2D eigenvalue weighted by Gasteiger charge is 2.28. The van der Waals surface area contributed by atoms with Crippen molar-refractivity contribution in [3.8, 4) is 0 Å². The van der Waals surface area contributed by atoms with E-state index in [9.17, 15) is 4.79 Å². The van der Waals surface area contributed by atoms with Crippen molar-refractivity contribution in [1.29, 1.82) is 0 Å². The maximum absolute atomic E-state index is 13.0. The summed E-state index contributed by atoms with van der Waals surface area (Å²) in [5.74, 6) is 1.43. The Labute approximate surface area is 177 Å². The van der Waals surface area contributed by atoms with Crippen LogP contribution in [0.25, 0.3) is 5.65 Å². The first-order valence-electron chi connectivity index (χ1n) is 10.9. The van der Waals surface area contributed by atoms with Gasteiger partial charge in [-0.1, -0.05) is 45.0 Å². The summed E-state index contributed by atoms with van der Waals surface area (Å²) >= 11 is 0. The average molecular weight is 407 g/mol. The fourth-order valence-corrected chi connectivity index (χ4v) is 4.12. The number of piperidine rings is 1. The van der Waals surface area contributed by atoms with Crippen LogP contribution >= 0.6 is 0 Å². The lowest BCUT2D eigenvalue weighted by Crippen LogP contribution is -2.42. The first-order valence-corrected chi connectivity index (χ1v) is 10.9. The molecule has 1 aliphatic rings. The molecule has 1 aliphatic heterocycles. The topological polar surface area (TPSA) is 75.4 Å². The van der Waals surface area contributed by atoms with Gasteiger partial charge in [-0.3, -0.25) is 4.79 Å². The van der Waals surface area contributed by atoms with Gasteiger partial charge in [0.1, 0.15) is 12.1 Å². The number of carbonyl (C=O) groups excluding carboxylic acids is 1. The number of nitrogens with zero attached hydrogens (tertiary/aromatic N) is 5. The van der Waals surface area contributed by atoms with Crippen molar-refractivity contribution < 1.29 is 4.79 Å². The quantitative estimate of drug-likeness (QED) is 0.679. The van der Waals surface area contributed by atoms with Crippen LogP contribution in [0, 0.1) is 11.8 Å². The molecule has 1 fully saturated rings. The normalized spacial score (nSPS) is 16.2. The fraction of sp³-hybridized carbons (Fsp3) is 0.478. The van der Waals surface area contributed by atoms with E-state index in [1.165, 1.54) is 11.1 Å². The predicted molar refractivity (Wildman–Crippen MR) is 117 cm³/mol. The second-order valence-corrected chi connectivity index (χ2v) is 8.41. The van der Waals surface area contributed by atoms with Crippen molar-refractivity contribution in [3.05, 3.63) is 53.9 Å². The van der Waals surface area contributed by atoms with Crippen molar-refractivity contribution in [2.24, 2.45) is 11.8 Å². The summed E-state index contributed by atoms with van der Waals surface area (Å²) in [6.07, 6.45) is 4.29. The van der Waals surface area contributed by atoms with Gasteiger partial charge in [0.15, 0.2) is 5.65 Å². The number of hydrogen-bond acceptors (Lipinski definition) is 5. The molecular weight excluding hydrogens is 376 g/mol. The summed E-state index contributed by atoms with van der Waals surface area (Å²) in [6.45, 7) is 8.11. The second kappa shape index (κ2) is 8.81. The third-order valence-electron chi connectivity index (χ3n) is 6.05. The lowest BCUT2D eigenvalue weighted by Gasteiger charge is -2.33. The highest BCUT2D eigenvalue weighted by molar-refractivity contribution is 5.79. The number of carbonyl (C=O) groups is 1. The van der Waals surface area contributed by atoms with Gasteiger partial charge in [0.05, 0.1) is 6.04 Å². The minimum Gasteiger partial charge on any atom is -0.355 e. The molecule has 7 nitrogen and oxygen atoms in total. The first kappa shape index (κ1) is 20.3. The molecule has 0 bridgehead atoms. The Morgan fingerprint density at radius 3 is 2.53 bits per heavy atom. The van der Waals surface area contributed by atoms with Crippen molar-refractivity contribution in [1.82, 2.24) is 25.1 Å². The monoisotopic (exact) mass is 406 g/mol. The molecule has 1 unspecified atom stereocenters. The molecule has 3 aromatic rings. The van der Waals surface area contributed by atoms with Crippen molar-refractivity contribution in [2.75, 3.05) is 18.0 Å². The molecule has 158 valence electrons. The third kappa shape index (κ3) is 4.30. The zero-order valence-corrected chi connectivity index (χ0v) is 18.0.